The Hall–Kier alpha value is -3.32. The second-order valence-corrected chi connectivity index (χ2v) is 9.14. The molecule has 2 heterocycles. The van der Waals surface area contributed by atoms with Crippen molar-refractivity contribution < 1.29 is 10.0 Å². The Morgan fingerprint density at radius 2 is 2.09 bits per heavy atom. The van der Waals surface area contributed by atoms with Gasteiger partial charge >= 0.3 is 0 Å². The van der Waals surface area contributed by atoms with Gasteiger partial charge in [0.05, 0.1) is 0 Å². The molecule has 34 heavy (non-hydrogen) atoms. The number of aromatic nitrogens is 2. The molecular weight excluding hydrogens is 448 g/mol. The van der Waals surface area contributed by atoms with E-state index in [9.17, 15) is 4.79 Å². The van der Waals surface area contributed by atoms with Crippen molar-refractivity contribution in [3.8, 4) is 0 Å². The number of hydrogen-bond acceptors (Lipinski definition) is 3. The number of hydroxylamine groups is 1. The summed E-state index contributed by atoms with van der Waals surface area (Å²) in [6.45, 7) is 1.71. The van der Waals surface area contributed by atoms with Crippen LogP contribution in [0.4, 0.5) is 0 Å². The van der Waals surface area contributed by atoms with Gasteiger partial charge in [-0.2, -0.15) is 0 Å². The van der Waals surface area contributed by atoms with E-state index in [1.807, 2.05) is 12.1 Å². The molecule has 174 valence electrons. The molecule has 0 fully saturated rings. The average Bonchev–Trinajstić information content (AvgIpc) is 3.58. The van der Waals surface area contributed by atoms with Crippen LogP contribution in [0, 0.1) is 0 Å². The Labute approximate surface area is 203 Å². The van der Waals surface area contributed by atoms with Crippen LogP contribution in [-0.4, -0.2) is 32.5 Å². The average molecular weight is 475 g/mol. The zero-order valence-electron chi connectivity index (χ0n) is 18.7. The molecule has 4 N–H and O–H groups in total. The highest BCUT2D eigenvalue weighted by Gasteiger charge is 2.28. The van der Waals surface area contributed by atoms with Gasteiger partial charge in [-0.25, -0.2) is 5.48 Å². The lowest BCUT2D eigenvalue weighted by Crippen LogP contribution is -2.29. The van der Waals surface area contributed by atoms with E-state index in [0.717, 1.165) is 43.6 Å². The first-order chi connectivity index (χ1) is 16.6. The highest BCUT2D eigenvalue weighted by atomic mass is 35.5. The minimum Gasteiger partial charge on any atom is -0.361 e. The van der Waals surface area contributed by atoms with Crippen molar-refractivity contribution in [3.63, 3.8) is 0 Å². The molecule has 0 saturated carbocycles. The van der Waals surface area contributed by atoms with Crippen molar-refractivity contribution >= 4 is 34.5 Å². The van der Waals surface area contributed by atoms with Crippen LogP contribution < -0.4 is 5.48 Å². The molecule has 4 aromatic rings. The van der Waals surface area contributed by atoms with Crippen molar-refractivity contribution in [1.82, 2.24) is 20.3 Å². The number of nitrogens with zero attached hydrogens (tertiary/aromatic N) is 1. The van der Waals surface area contributed by atoms with Gasteiger partial charge in [0.15, 0.2) is 0 Å². The van der Waals surface area contributed by atoms with Gasteiger partial charge in [0.25, 0.3) is 5.91 Å². The van der Waals surface area contributed by atoms with E-state index in [2.05, 4.69) is 63.5 Å². The standard InChI is InChI=1S/C27H27ClN4O2/c28-26-11-8-21(30-26)17-32(14-13-20-16-29-24-4-2-1-3-22(20)24)25-10-7-19-15-18(5-9-23(19)25)6-12-27(33)31-34/h1-6,8-9,11-12,15-16,25,29-30,34H,7,10,13-14,17H2,(H,31,33). The van der Waals surface area contributed by atoms with Crippen molar-refractivity contribution in [1.29, 1.82) is 0 Å². The van der Waals surface area contributed by atoms with Crippen molar-refractivity contribution in [3.05, 3.63) is 100.0 Å². The predicted octanol–water partition coefficient (Wildman–Crippen LogP) is 5.40. The predicted molar refractivity (Wildman–Crippen MR) is 135 cm³/mol. The fraction of sp³-hybridized carbons (Fsp3) is 0.222. The Morgan fingerprint density at radius 3 is 2.91 bits per heavy atom. The summed E-state index contributed by atoms with van der Waals surface area (Å²) in [4.78, 5) is 20.5. The van der Waals surface area contributed by atoms with Crippen LogP contribution in [0.3, 0.4) is 0 Å². The van der Waals surface area contributed by atoms with Crippen molar-refractivity contribution in [2.45, 2.75) is 31.8 Å². The molecule has 0 saturated heterocycles. The molecule has 0 aliphatic heterocycles. The first kappa shape index (κ1) is 22.5. The maximum absolute atomic E-state index is 11.3. The van der Waals surface area contributed by atoms with Gasteiger partial charge in [0.2, 0.25) is 0 Å². The molecule has 7 heteroatoms. The topological polar surface area (TPSA) is 84.2 Å². The fourth-order valence-electron chi connectivity index (χ4n) is 4.98. The molecule has 1 amide bonds. The zero-order valence-corrected chi connectivity index (χ0v) is 19.5. The lowest BCUT2D eigenvalue weighted by molar-refractivity contribution is -0.124. The number of nitrogens with one attached hydrogen (secondary N) is 3. The Kier molecular flexibility index (Phi) is 6.54. The van der Waals surface area contributed by atoms with Crippen molar-refractivity contribution in [2.24, 2.45) is 0 Å². The number of aryl methyl sites for hydroxylation is 1. The van der Waals surface area contributed by atoms with Gasteiger partial charge in [0, 0.05) is 48.0 Å². The number of aromatic amines is 2. The third kappa shape index (κ3) is 4.80. The summed E-state index contributed by atoms with van der Waals surface area (Å²) in [6, 6.07) is 19.0. The molecule has 6 nitrogen and oxygen atoms in total. The molecule has 0 bridgehead atoms. The SMILES string of the molecule is O=C(C=Cc1ccc2c(c1)CCC2N(CCc1c[nH]c2ccccc12)Cc1ccc(Cl)[nH]1)NO. The van der Waals surface area contributed by atoms with Crippen LogP contribution >= 0.6 is 11.6 Å². The number of benzene rings is 2. The summed E-state index contributed by atoms with van der Waals surface area (Å²) in [5.41, 5.74) is 8.81. The first-order valence-electron chi connectivity index (χ1n) is 11.5. The molecule has 1 unspecified atom stereocenters. The second kappa shape index (κ2) is 9.89. The lowest BCUT2D eigenvalue weighted by Gasteiger charge is -2.29. The highest BCUT2D eigenvalue weighted by Crippen LogP contribution is 2.37. The third-order valence-corrected chi connectivity index (χ3v) is 6.84. The van der Waals surface area contributed by atoms with E-state index in [4.69, 9.17) is 16.8 Å². The molecule has 2 aromatic carbocycles. The second-order valence-electron chi connectivity index (χ2n) is 8.73. The Balaban J connectivity index is 1.38. The van der Waals surface area contributed by atoms with E-state index in [1.165, 1.54) is 33.7 Å². The minimum atomic E-state index is -0.536. The summed E-state index contributed by atoms with van der Waals surface area (Å²) >= 11 is 6.16. The Bertz CT molecular complexity index is 1340. The van der Waals surface area contributed by atoms with Gasteiger partial charge < -0.3 is 9.97 Å². The number of halogens is 1. The van der Waals surface area contributed by atoms with Gasteiger partial charge in [-0.05, 0) is 65.8 Å². The van der Waals surface area contributed by atoms with E-state index in [0.29, 0.717) is 11.2 Å². The first-order valence-corrected chi connectivity index (χ1v) is 11.9. The lowest BCUT2D eigenvalue weighted by atomic mass is 10.0. The number of para-hydroxylation sites is 1. The zero-order chi connectivity index (χ0) is 23.5. The summed E-state index contributed by atoms with van der Waals surface area (Å²) in [7, 11) is 0. The number of rotatable bonds is 8. The number of hydrogen-bond donors (Lipinski definition) is 4. The Morgan fingerprint density at radius 1 is 1.21 bits per heavy atom. The number of carbonyl (C=O) groups is 1. The third-order valence-electron chi connectivity index (χ3n) is 6.62. The van der Waals surface area contributed by atoms with Gasteiger partial charge in [-0.3, -0.25) is 14.9 Å². The number of H-pyrrole nitrogens is 2. The van der Waals surface area contributed by atoms with E-state index >= 15 is 0 Å². The summed E-state index contributed by atoms with van der Waals surface area (Å²) in [5.74, 6) is -0.536. The largest absolute Gasteiger partial charge is 0.361 e. The molecule has 2 aromatic heterocycles. The quantitative estimate of drug-likeness (QED) is 0.157. The van der Waals surface area contributed by atoms with Crippen LogP contribution in [0.5, 0.6) is 0 Å². The van der Waals surface area contributed by atoms with Crippen LogP contribution in [0.25, 0.3) is 17.0 Å². The summed E-state index contributed by atoms with van der Waals surface area (Å²) in [6.07, 6.45) is 8.15. The van der Waals surface area contributed by atoms with E-state index < -0.39 is 5.91 Å². The summed E-state index contributed by atoms with van der Waals surface area (Å²) in [5, 5.41) is 10.6. The van der Waals surface area contributed by atoms with Crippen molar-refractivity contribution in [2.75, 3.05) is 6.54 Å². The van der Waals surface area contributed by atoms with E-state index in [1.54, 1.807) is 11.6 Å². The van der Waals surface area contributed by atoms with E-state index in [-0.39, 0.29) is 0 Å². The molecule has 1 atom stereocenters. The van der Waals surface area contributed by atoms with Gasteiger partial charge in [-0.15, -0.1) is 0 Å². The smallest absolute Gasteiger partial charge is 0.267 e. The van der Waals surface area contributed by atoms with Gasteiger partial charge in [-0.1, -0.05) is 48.0 Å². The maximum Gasteiger partial charge on any atom is 0.267 e. The number of amides is 1. The molecule has 1 aliphatic rings. The number of carbonyl (C=O) groups excluding carboxylic acids is 1. The molecular formula is C27H27ClN4O2. The normalized spacial score (nSPS) is 15.4. The molecule has 5 rings (SSSR count). The van der Waals surface area contributed by atoms with Crippen LogP contribution in [0.15, 0.2) is 66.9 Å². The summed E-state index contributed by atoms with van der Waals surface area (Å²) < 4.78 is 0. The molecule has 0 spiro atoms. The van der Waals surface area contributed by atoms with Crippen LogP contribution in [-0.2, 0) is 24.2 Å². The monoisotopic (exact) mass is 474 g/mol. The fourth-order valence-corrected chi connectivity index (χ4v) is 5.16. The highest BCUT2D eigenvalue weighted by molar-refractivity contribution is 6.29. The molecule has 0 radical (unpaired) electrons. The molecule has 1 aliphatic carbocycles. The maximum atomic E-state index is 11.3. The van der Waals surface area contributed by atoms with Crippen LogP contribution in [0.1, 0.15) is 40.4 Å². The van der Waals surface area contributed by atoms with Crippen LogP contribution in [0.2, 0.25) is 5.15 Å². The minimum absolute atomic E-state index is 0.307. The van der Waals surface area contributed by atoms with Gasteiger partial charge in [0.1, 0.15) is 5.15 Å². The number of fused-ring (bicyclic) bond motifs is 2.